The van der Waals surface area contributed by atoms with Crippen LogP contribution in [0.3, 0.4) is 0 Å². The third-order valence-corrected chi connectivity index (χ3v) is 2.96. The molecule has 0 aromatic heterocycles. The van der Waals surface area contributed by atoms with Gasteiger partial charge in [0.25, 0.3) is 0 Å². The van der Waals surface area contributed by atoms with Gasteiger partial charge in [0.05, 0.1) is 0 Å². The summed E-state index contributed by atoms with van der Waals surface area (Å²) in [5.41, 5.74) is 1.00. The Morgan fingerprint density at radius 2 is 1.74 bits per heavy atom. The van der Waals surface area contributed by atoms with E-state index in [0.29, 0.717) is 0 Å². The topological polar surface area (TPSA) is 55.4 Å². The highest BCUT2D eigenvalue weighted by Gasteiger charge is 2.14. The predicted octanol–water partition coefficient (Wildman–Crippen LogP) is 3.05. The second-order valence-corrected chi connectivity index (χ2v) is 4.82. The van der Waals surface area contributed by atoms with Gasteiger partial charge in [0, 0.05) is 12.5 Å². The summed E-state index contributed by atoms with van der Waals surface area (Å²) in [6.07, 6.45) is 1.51. The van der Waals surface area contributed by atoms with Gasteiger partial charge < -0.3 is 10.1 Å². The van der Waals surface area contributed by atoms with E-state index < -0.39 is 17.7 Å². The number of nitrogens with one attached hydrogen (secondary N) is 1. The van der Waals surface area contributed by atoms with Crippen molar-refractivity contribution in [3.8, 4) is 0 Å². The Morgan fingerprint density at radius 3 is 2.39 bits per heavy atom. The first-order chi connectivity index (χ1) is 11.1. The Morgan fingerprint density at radius 1 is 1.09 bits per heavy atom. The summed E-state index contributed by atoms with van der Waals surface area (Å²) in [6.45, 7) is 1.08. The van der Waals surface area contributed by atoms with Gasteiger partial charge in [-0.25, -0.2) is 9.18 Å². The second kappa shape index (κ2) is 7.89. The Hall–Kier alpha value is -2.95. The van der Waals surface area contributed by atoms with Gasteiger partial charge in [0.15, 0.2) is 0 Å². The number of esters is 1. The number of carbonyl (C=O) groups excluding carboxylic acids is 2. The molecule has 0 radical (unpaired) electrons. The summed E-state index contributed by atoms with van der Waals surface area (Å²) in [6, 6.07) is 15.0. The van der Waals surface area contributed by atoms with Gasteiger partial charge in [-0.1, -0.05) is 48.5 Å². The maximum Gasteiger partial charge on any atom is 0.355 e. The van der Waals surface area contributed by atoms with E-state index in [1.54, 1.807) is 24.3 Å². The number of amides is 1. The van der Waals surface area contributed by atoms with E-state index in [1.165, 1.54) is 25.1 Å². The van der Waals surface area contributed by atoms with Gasteiger partial charge in [0.2, 0.25) is 5.91 Å². The zero-order chi connectivity index (χ0) is 16.7. The molecule has 2 rings (SSSR count). The molecule has 2 aromatic rings. The minimum absolute atomic E-state index is 0.0000364. The highest BCUT2D eigenvalue weighted by molar-refractivity contribution is 5.97. The van der Waals surface area contributed by atoms with Crippen LogP contribution in [0.15, 0.2) is 60.3 Å². The van der Waals surface area contributed by atoms with Crippen LogP contribution < -0.4 is 5.32 Å². The first-order valence-corrected chi connectivity index (χ1v) is 7.01. The Kier molecular flexibility index (Phi) is 5.63. The molecule has 4 nitrogen and oxygen atoms in total. The van der Waals surface area contributed by atoms with Crippen molar-refractivity contribution in [1.29, 1.82) is 0 Å². The molecule has 0 atom stereocenters. The maximum absolute atomic E-state index is 13.5. The smallest absolute Gasteiger partial charge is 0.355 e. The lowest BCUT2D eigenvalue weighted by Gasteiger charge is -2.09. The van der Waals surface area contributed by atoms with E-state index in [4.69, 9.17) is 4.74 Å². The summed E-state index contributed by atoms with van der Waals surface area (Å²) in [4.78, 5) is 23.4. The number of hydrogen-bond donors (Lipinski definition) is 1. The van der Waals surface area contributed by atoms with Crippen LogP contribution in [0.4, 0.5) is 4.39 Å². The molecule has 0 spiro atoms. The lowest BCUT2D eigenvalue weighted by atomic mass is 10.2. The Balaban J connectivity index is 2.12. The average molecular weight is 313 g/mol. The molecule has 118 valence electrons. The molecule has 0 unspecified atom stereocenters. The molecule has 0 fully saturated rings. The van der Waals surface area contributed by atoms with Crippen molar-refractivity contribution in [3.63, 3.8) is 0 Å². The molecule has 23 heavy (non-hydrogen) atoms. The van der Waals surface area contributed by atoms with E-state index in [-0.39, 0.29) is 17.9 Å². The summed E-state index contributed by atoms with van der Waals surface area (Å²) >= 11 is 0. The Bertz CT molecular complexity index is 726. The van der Waals surface area contributed by atoms with Gasteiger partial charge in [-0.15, -0.1) is 0 Å². The fourth-order valence-corrected chi connectivity index (χ4v) is 1.89. The maximum atomic E-state index is 13.5. The average Bonchev–Trinajstić information content (AvgIpc) is 2.54. The van der Waals surface area contributed by atoms with E-state index in [1.807, 2.05) is 18.2 Å². The molecule has 0 heterocycles. The first-order valence-electron chi connectivity index (χ1n) is 7.01. The lowest BCUT2D eigenvalue weighted by molar-refractivity contribution is -0.141. The van der Waals surface area contributed by atoms with E-state index in [9.17, 15) is 14.0 Å². The molecule has 2 aromatic carbocycles. The highest BCUT2D eigenvalue weighted by atomic mass is 19.1. The van der Waals surface area contributed by atoms with Crippen LogP contribution in [0.2, 0.25) is 0 Å². The molecular formula is C18H16FNO3. The summed E-state index contributed by atoms with van der Waals surface area (Å²) in [7, 11) is 0. The van der Waals surface area contributed by atoms with Gasteiger partial charge in [-0.05, 0) is 17.7 Å². The summed E-state index contributed by atoms with van der Waals surface area (Å²) < 4.78 is 18.6. The van der Waals surface area contributed by atoms with Crippen molar-refractivity contribution < 1.29 is 18.7 Å². The third kappa shape index (κ3) is 5.07. The molecule has 1 amide bonds. The minimum Gasteiger partial charge on any atom is -0.456 e. The summed E-state index contributed by atoms with van der Waals surface area (Å²) in [5.74, 6) is -1.57. The lowest BCUT2D eigenvalue weighted by Crippen LogP contribution is -2.26. The minimum atomic E-state index is -0.729. The van der Waals surface area contributed by atoms with Crippen LogP contribution in [0, 0.1) is 5.82 Å². The fourth-order valence-electron chi connectivity index (χ4n) is 1.89. The largest absolute Gasteiger partial charge is 0.456 e. The molecule has 0 aliphatic rings. The van der Waals surface area contributed by atoms with Crippen molar-refractivity contribution in [2.24, 2.45) is 0 Å². The SMILES string of the molecule is CC(=O)N/C(=C/c1ccccc1)C(=O)OCc1ccccc1F. The van der Waals surface area contributed by atoms with Gasteiger partial charge >= 0.3 is 5.97 Å². The van der Waals surface area contributed by atoms with Crippen molar-refractivity contribution in [2.45, 2.75) is 13.5 Å². The zero-order valence-electron chi connectivity index (χ0n) is 12.6. The van der Waals surface area contributed by atoms with Crippen molar-refractivity contribution >= 4 is 18.0 Å². The van der Waals surface area contributed by atoms with E-state index in [2.05, 4.69) is 5.32 Å². The number of hydrogen-bond acceptors (Lipinski definition) is 3. The van der Waals surface area contributed by atoms with Crippen LogP contribution in [-0.2, 0) is 20.9 Å². The summed E-state index contributed by atoms with van der Waals surface area (Å²) in [5, 5.41) is 2.43. The molecule has 0 aliphatic heterocycles. The molecule has 0 aliphatic carbocycles. The number of rotatable bonds is 5. The van der Waals surface area contributed by atoms with Gasteiger partial charge in [0.1, 0.15) is 18.1 Å². The van der Waals surface area contributed by atoms with E-state index >= 15 is 0 Å². The van der Waals surface area contributed by atoms with Crippen molar-refractivity contribution in [1.82, 2.24) is 5.32 Å². The number of halogens is 1. The van der Waals surface area contributed by atoms with Crippen LogP contribution in [-0.4, -0.2) is 11.9 Å². The second-order valence-electron chi connectivity index (χ2n) is 4.82. The van der Waals surface area contributed by atoms with Gasteiger partial charge in [-0.2, -0.15) is 0 Å². The predicted molar refractivity (Wildman–Crippen MR) is 84.4 cm³/mol. The molecular weight excluding hydrogens is 297 g/mol. The molecule has 5 heteroatoms. The van der Waals surface area contributed by atoms with Crippen LogP contribution in [0.5, 0.6) is 0 Å². The van der Waals surface area contributed by atoms with Crippen LogP contribution in [0.25, 0.3) is 6.08 Å². The number of benzene rings is 2. The highest BCUT2D eigenvalue weighted by Crippen LogP contribution is 2.11. The molecule has 0 bridgehead atoms. The van der Waals surface area contributed by atoms with Crippen molar-refractivity contribution in [3.05, 3.63) is 77.2 Å². The third-order valence-electron chi connectivity index (χ3n) is 2.96. The quantitative estimate of drug-likeness (QED) is 0.682. The van der Waals surface area contributed by atoms with Crippen LogP contribution >= 0.6 is 0 Å². The normalized spacial score (nSPS) is 11.0. The van der Waals surface area contributed by atoms with Crippen LogP contribution in [0.1, 0.15) is 18.1 Å². The van der Waals surface area contributed by atoms with Crippen molar-refractivity contribution in [2.75, 3.05) is 0 Å². The molecule has 0 saturated carbocycles. The first kappa shape index (κ1) is 16.4. The number of ether oxygens (including phenoxy) is 1. The van der Waals surface area contributed by atoms with Gasteiger partial charge in [-0.3, -0.25) is 4.79 Å². The molecule has 1 N–H and O–H groups in total. The number of carbonyl (C=O) groups is 2. The molecule has 0 saturated heterocycles. The zero-order valence-corrected chi connectivity index (χ0v) is 12.6. The van der Waals surface area contributed by atoms with E-state index in [0.717, 1.165) is 5.56 Å². The fraction of sp³-hybridized carbons (Fsp3) is 0.111. The monoisotopic (exact) mass is 313 g/mol. The standard InChI is InChI=1S/C18H16FNO3/c1-13(21)20-17(11-14-7-3-2-4-8-14)18(22)23-12-15-9-5-6-10-16(15)19/h2-11H,12H2,1H3,(H,20,21)/b17-11+. The Labute approximate surface area is 133 Å².